The van der Waals surface area contributed by atoms with Gasteiger partial charge in [-0.05, 0) is 31.4 Å². The van der Waals surface area contributed by atoms with E-state index in [1.54, 1.807) is 0 Å². The highest BCUT2D eigenvalue weighted by Gasteiger charge is 2.28. The molecule has 0 atom stereocenters. The molecule has 0 bridgehead atoms. The van der Waals surface area contributed by atoms with Gasteiger partial charge in [-0.1, -0.05) is 45.7 Å². The molecule has 1 aliphatic carbocycles. The molecular formula is C15H15BrClN3. The van der Waals surface area contributed by atoms with Crippen LogP contribution in [0.3, 0.4) is 0 Å². The number of benzene rings is 1. The van der Waals surface area contributed by atoms with E-state index in [9.17, 15) is 0 Å². The van der Waals surface area contributed by atoms with Crippen LogP contribution in [0.2, 0.25) is 5.15 Å². The van der Waals surface area contributed by atoms with Gasteiger partial charge in [0, 0.05) is 22.5 Å². The van der Waals surface area contributed by atoms with Gasteiger partial charge in [0.25, 0.3) is 0 Å². The molecule has 0 amide bonds. The Hall–Kier alpha value is -1.13. The highest BCUT2D eigenvalue weighted by atomic mass is 79.9. The molecule has 1 heterocycles. The van der Waals surface area contributed by atoms with Crippen LogP contribution >= 0.6 is 27.5 Å². The molecule has 2 aromatic rings. The van der Waals surface area contributed by atoms with Crippen molar-refractivity contribution in [3.8, 4) is 0 Å². The largest absolute Gasteiger partial charge is 0.366 e. The van der Waals surface area contributed by atoms with Gasteiger partial charge in [-0.2, -0.15) is 0 Å². The Morgan fingerprint density at radius 1 is 1.30 bits per heavy atom. The van der Waals surface area contributed by atoms with Crippen molar-refractivity contribution in [3.63, 3.8) is 0 Å². The molecule has 1 fully saturated rings. The van der Waals surface area contributed by atoms with Crippen LogP contribution in [0.1, 0.15) is 35.7 Å². The minimum Gasteiger partial charge on any atom is -0.366 e. The molecule has 1 aliphatic rings. The summed E-state index contributed by atoms with van der Waals surface area (Å²) in [6.45, 7) is 2.65. The Balaban J connectivity index is 1.81. The van der Waals surface area contributed by atoms with Crippen LogP contribution in [0.4, 0.5) is 5.82 Å². The molecule has 5 heteroatoms. The summed E-state index contributed by atoms with van der Waals surface area (Å²) in [5.41, 5.74) is 2.10. The molecular weight excluding hydrogens is 338 g/mol. The summed E-state index contributed by atoms with van der Waals surface area (Å²) in [5, 5.41) is 3.92. The zero-order valence-corrected chi connectivity index (χ0v) is 13.5. The number of hydrogen-bond donors (Lipinski definition) is 1. The number of rotatable bonds is 4. The molecule has 0 spiro atoms. The third kappa shape index (κ3) is 2.96. The predicted octanol–water partition coefficient (Wildman–Crippen LogP) is 4.69. The highest BCUT2D eigenvalue weighted by Crippen LogP contribution is 2.39. The van der Waals surface area contributed by atoms with E-state index in [1.165, 1.54) is 18.4 Å². The van der Waals surface area contributed by atoms with E-state index in [4.69, 9.17) is 11.6 Å². The standard InChI is InChI=1S/C15H15BrClN3/c1-9-13(17)19-15(10-6-7-10)20-14(9)18-8-11-4-2-3-5-12(11)16/h2-5,10H,6-8H2,1H3,(H,18,19,20). The predicted molar refractivity (Wildman–Crippen MR) is 85.2 cm³/mol. The Bertz CT molecular complexity index is 641. The molecule has 1 aromatic carbocycles. The highest BCUT2D eigenvalue weighted by molar-refractivity contribution is 9.10. The van der Waals surface area contributed by atoms with Crippen molar-refractivity contribution in [2.45, 2.75) is 32.2 Å². The first-order valence-electron chi connectivity index (χ1n) is 6.66. The molecule has 20 heavy (non-hydrogen) atoms. The Morgan fingerprint density at radius 2 is 2.05 bits per heavy atom. The van der Waals surface area contributed by atoms with E-state index in [2.05, 4.69) is 37.3 Å². The zero-order valence-electron chi connectivity index (χ0n) is 11.2. The van der Waals surface area contributed by atoms with Crippen molar-refractivity contribution in [1.82, 2.24) is 9.97 Å². The molecule has 1 saturated carbocycles. The summed E-state index contributed by atoms with van der Waals surface area (Å²) in [6, 6.07) is 8.15. The number of aromatic nitrogens is 2. The maximum Gasteiger partial charge on any atom is 0.137 e. The van der Waals surface area contributed by atoms with E-state index in [0.717, 1.165) is 21.7 Å². The number of halogens is 2. The van der Waals surface area contributed by atoms with Crippen LogP contribution in [0.25, 0.3) is 0 Å². The second-order valence-corrected chi connectivity index (χ2v) is 6.28. The van der Waals surface area contributed by atoms with Crippen molar-refractivity contribution in [2.24, 2.45) is 0 Å². The second-order valence-electron chi connectivity index (χ2n) is 5.07. The van der Waals surface area contributed by atoms with Crippen LogP contribution < -0.4 is 5.32 Å². The summed E-state index contributed by atoms with van der Waals surface area (Å²) in [7, 11) is 0. The zero-order chi connectivity index (χ0) is 14.1. The van der Waals surface area contributed by atoms with Crippen molar-refractivity contribution in [1.29, 1.82) is 0 Å². The molecule has 1 aromatic heterocycles. The lowest BCUT2D eigenvalue weighted by Crippen LogP contribution is -2.07. The summed E-state index contributed by atoms with van der Waals surface area (Å²) < 4.78 is 1.09. The Labute approximate surface area is 131 Å². The third-order valence-corrected chi connectivity index (χ3v) is 4.59. The number of hydrogen-bond acceptors (Lipinski definition) is 3. The van der Waals surface area contributed by atoms with Gasteiger partial charge < -0.3 is 5.32 Å². The van der Waals surface area contributed by atoms with Gasteiger partial charge in [0.2, 0.25) is 0 Å². The van der Waals surface area contributed by atoms with Crippen LogP contribution in [0.5, 0.6) is 0 Å². The minimum atomic E-state index is 0.497. The van der Waals surface area contributed by atoms with Crippen LogP contribution in [-0.2, 0) is 6.54 Å². The first kappa shape index (κ1) is 13.8. The van der Waals surface area contributed by atoms with Gasteiger partial charge in [0.15, 0.2) is 0 Å². The van der Waals surface area contributed by atoms with Crippen molar-refractivity contribution in [2.75, 3.05) is 5.32 Å². The normalized spacial score (nSPS) is 14.3. The van der Waals surface area contributed by atoms with Crippen LogP contribution in [-0.4, -0.2) is 9.97 Å². The van der Waals surface area contributed by atoms with Gasteiger partial charge in [0.05, 0.1) is 0 Å². The van der Waals surface area contributed by atoms with Crippen molar-refractivity contribution in [3.05, 3.63) is 50.8 Å². The van der Waals surface area contributed by atoms with Gasteiger partial charge in [-0.3, -0.25) is 0 Å². The average molecular weight is 353 g/mol. The smallest absolute Gasteiger partial charge is 0.137 e. The van der Waals surface area contributed by atoms with Gasteiger partial charge in [-0.15, -0.1) is 0 Å². The number of nitrogens with zero attached hydrogens (tertiary/aromatic N) is 2. The summed E-state index contributed by atoms with van der Waals surface area (Å²) in [5.74, 6) is 2.20. The maximum absolute atomic E-state index is 6.20. The van der Waals surface area contributed by atoms with Crippen LogP contribution in [0.15, 0.2) is 28.7 Å². The van der Waals surface area contributed by atoms with Gasteiger partial charge >= 0.3 is 0 Å². The lowest BCUT2D eigenvalue weighted by Gasteiger charge is -2.12. The lowest BCUT2D eigenvalue weighted by molar-refractivity contribution is 0.911. The van der Waals surface area contributed by atoms with E-state index < -0.39 is 0 Å². The first-order chi connectivity index (χ1) is 9.65. The molecule has 3 rings (SSSR count). The molecule has 1 N–H and O–H groups in total. The number of anilines is 1. The Morgan fingerprint density at radius 3 is 2.75 bits per heavy atom. The molecule has 0 unspecified atom stereocenters. The topological polar surface area (TPSA) is 37.8 Å². The van der Waals surface area contributed by atoms with Gasteiger partial charge in [-0.25, -0.2) is 9.97 Å². The number of nitrogens with one attached hydrogen (secondary N) is 1. The summed E-state index contributed by atoms with van der Waals surface area (Å²) >= 11 is 9.76. The molecule has 0 radical (unpaired) electrons. The maximum atomic E-state index is 6.20. The third-order valence-electron chi connectivity index (χ3n) is 3.45. The summed E-state index contributed by atoms with van der Waals surface area (Å²) in [6.07, 6.45) is 2.34. The van der Waals surface area contributed by atoms with Gasteiger partial charge in [0.1, 0.15) is 16.8 Å². The fraction of sp³-hybridized carbons (Fsp3) is 0.333. The average Bonchev–Trinajstić information content (AvgIpc) is 3.26. The second kappa shape index (κ2) is 5.70. The lowest BCUT2D eigenvalue weighted by atomic mass is 10.2. The fourth-order valence-corrected chi connectivity index (χ4v) is 2.62. The molecule has 104 valence electrons. The molecule has 0 saturated heterocycles. The Kier molecular flexibility index (Phi) is 3.94. The van der Waals surface area contributed by atoms with Crippen LogP contribution in [0, 0.1) is 6.92 Å². The van der Waals surface area contributed by atoms with E-state index in [1.807, 2.05) is 25.1 Å². The molecule has 3 nitrogen and oxygen atoms in total. The van der Waals surface area contributed by atoms with E-state index in [0.29, 0.717) is 17.6 Å². The SMILES string of the molecule is Cc1c(Cl)nc(C2CC2)nc1NCc1ccccc1Br. The summed E-state index contributed by atoms with van der Waals surface area (Å²) in [4.78, 5) is 8.99. The fourth-order valence-electron chi connectivity index (χ4n) is 2.02. The minimum absolute atomic E-state index is 0.497. The molecule has 0 aliphatic heterocycles. The van der Waals surface area contributed by atoms with E-state index in [-0.39, 0.29) is 0 Å². The monoisotopic (exact) mass is 351 g/mol. The van der Waals surface area contributed by atoms with E-state index >= 15 is 0 Å². The van der Waals surface area contributed by atoms with Crippen molar-refractivity contribution < 1.29 is 0 Å². The first-order valence-corrected chi connectivity index (χ1v) is 7.83. The van der Waals surface area contributed by atoms with Crippen molar-refractivity contribution >= 4 is 33.3 Å². The quantitative estimate of drug-likeness (QED) is 0.811.